The molecule has 8 rings (SSSR count). The van der Waals surface area contributed by atoms with Crippen LogP contribution in [-0.4, -0.2) is 58.0 Å². The van der Waals surface area contributed by atoms with Crippen LogP contribution in [0.25, 0.3) is 0 Å². The fraction of sp³-hybridized carbons (Fsp3) is 0.696. The van der Waals surface area contributed by atoms with E-state index in [0.717, 1.165) is 44.1 Å². The Labute approximate surface area is 324 Å². The van der Waals surface area contributed by atoms with Crippen LogP contribution >= 0.6 is 0 Å². The minimum absolute atomic E-state index is 0.00235. The molecule has 0 aromatic carbocycles. The number of fused-ring (bicyclic) bond motifs is 10. The molecule has 0 aromatic heterocycles. The van der Waals surface area contributed by atoms with Gasteiger partial charge in [0.2, 0.25) is 5.78 Å². The SMILES string of the molecule is C#C[C@]1(OC(=O)CCCC(=O)OCC(=O)[C@@]2(O)CCC3C4CCC5=CC(=O)C=C[C@]5(C)C4C(=O)C[C@@]32C)CCC2C3CCC4=CC(=O)CCC4C3CCC21C. The van der Waals surface area contributed by atoms with E-state index in [0.29, 0.717) is 55.8 Å². The fourth-order valence-corrected chi connectivity index (χ4v) is 14.1. The number of carbonyl (C=O) groups is 6. The molecule has 6 saturated carbocycles. The Morgan fingerprint density at radius 3 is 2.35 bits per heavy atom. The third-order valence-electron chi connectivity index (χ3n) is 16.9. The van der Waals surface area contributed by atoms with Crippen molar-refractivity contribution in [2.24, 2.45) is 57.7 Å². The number of aliphatic hydroxyl groups is 1. The number of ketones is 4. The third-order valence-corrected chi connectivity index (χ3v) is 16.9. The van der Waals surface area contributed by atoms with Crippen LogP contribution in [0.3, 0.4) is 0 Å². The van der Waals surface area contributed by atoms with Crippen LogP contribution in [-0.2, 0) is 38.2 Å². The lowest BCUT2D eigenvalue weighted by molar-refractivity contribution is -0.173. The maximum atomic E-state index is 13.9. The van der Waals surface area contributed by atoms with Crippen molar-refractivity contribution in [1.82, 2.24) is 0 Å². The van der Waals surface area contributed by atoms with Gasteiger partial charge in [-0.3, -0.25) is 28.8 Å². The van der Waals surface area contributed by atoms with Crippen molar-refractivity contribution in [3.05, 3.63) is 35.5 Å². The standard InChI is InChI=1S/C46H56O9/c1-5-45(21-17-35-33-12-9-27-23-29(47)11-14-31(27)32(33)16-20-43(35,45)3)55-40(52)8-6-7-39(51)54-26-38(50)46(53)22-18-36-34-13-10-28-24-30(48)15-19-42(28,2)41(34)37(49)25-44(36,46)4/h1,15,19,23-24,31-36,41,53H,6-14,16-18,20-22,25-26H2,2-4H3/t31?,32?,33?,34?,35?,36?,41?,42-,43?,44-,45-,46-/m0/s1. The van der Waals surface area contributed by atoms with E-state index in [4.69, 9.17) is 15.9 Å². The van der Waals surface area contributed by atoms with Crippen LogP contribution in [0.2, 0.25) is 0 Å². The molecule has 0 radical (unpaired) electrons. The first kappa shape index (κ1) is 38.2. The Bertz CT molecular complexity index is 1860. The summed E-state index contributed by atoms with van der Waals surface area (Å²) < 4.78 is 11.6. The predicted molar refractivity (Wildman–Crippen MR) is 202 cm³/mol. The van der Waals surface area contributed by atoms with Crippen molar-refractivity contribution in [3.63, 3.8) is 0 Å². The molecule has 9 heteroatoms. The number of allylic oxidation sites excluding steroid dienone is 5. The van der Waals surface area contributed by atoms with Gasteiger partial charge in [0.1, 0.15) is 11.4 Å². The maximum Gasteiger partial charge on any atom is 0.307 e. The summed E-state index contributed by atoms with van der Waals surface area (Å²) in [6.45, 7) is 5.46. The van der Waals surface area contributed by atoms with Crippen molar-refractivity contribution >= 4 is 35.1 Å². The molecule has 0 bridgehead atoms. The van der Waals surface area contributed by atoms with Crippen LogP contribution in [0.15, 0.2) is 35.5 Å². The van der Waals surface area contributed by atoms with E-state index in [1.54, 1.807) is 12.2 Å². The highest BCUT2D eigenvalue weighted by molar-refractivity contribution is 6.02. The lowest BCUT2D eigenvalue weighted by Gasteiger charge is -2.56. The molecule has 12 atom stereocenters. The normalized spacial score (nSPS) is 44.0. The van der Waals surface area contributed by atoms with E-state index < -0.39 is 46.4 Å². The average Bonchev–Trinajstić information content (AvgIpc) is 3.60. The lowest BCUT2D eigenvalue weighted by atomic mass is 9.46. The quantitative estimate of drug-likeness (QED) is 0.216. The highest BCUT2D eigenvalue weighted by atomic mass is 16.6. The first-order valence-electron chi connectivity index (χ1n) is 20.9. The molecular weight excluding hydrogens is 696 g/mol. The molecular formula is C46H56O9. The van der Waals surface area contributed by atoms with Gasteiger partial charge in [-0.15, -0.1) is 6.42 Å². The van der Waals surface area contributed by atoms with E-state index in [1.165, 1.54) is 5.57 Å². The second-order valence-electron chi connectivity index (χ2n) is 19.1. The van der Waals surface area contributed by atoms with Crippen LogP contribution in [0.1, 0.15) is 124 Å². The Morgan fingerprint density at radius 1 is 0.836 bits per heavy atom. The average molecular weight is 753 g/mol. The molecule has 1 N–H and O–H groups in total. The zero-order valence-corrected chi connectivity index (χ0v) is 32.7. The van der Waals surface area contributed by atoms with E-state index >= 15 is 0 Å². The van der Waals surface area contributed by atoms with Crippen LogP contribution in [0, 0.1) is 70.0 Å². The van der Waals surface area contributed by atoms with Gasteiger partial charge in [-0.25, -0.2) is 0 Å². The van der Waals surface area contributed by atoms with Gasteiger partial charge in [0, 0.05) is 47.8 Å². The third kappa shape index (κ3) is 5.73. The van der Waals surface area contributed by atoms with Crippen LogP contribution in [0.4, 0.5) is 0 Å². The number of terminal acetylenes is 1. The highest BCUT2D eigenvalue weighted by Crippen LogP contribution is 2.67. The van der Waals surface area contributed by atoms with Crippen molar-refractivity contribution in [3.8, 4) is 12.3 Å². The second-order valence-corrected chi connectivity index (χ2v) is 19.1. The minimum atomic E-state index is -1.80. The summed E-state index contributed by atoms with van der Waals surface area (Å²) in [5.74, 6) is 2.89. The molecule has 9 nitrogen and oxygen atoms in total. The topological polar surface area (TPSA) is 141 Å². The van der Waals surface area contributed by atoms with Crippen LogP contribution < -0.4 is 0 Å². The van der Waals surface area contributed by atoms with Gasteiger partial charge in [0.05, 0.1) is 0 Å². The Hall–Kier alpha value is -3.64. The monoisotopic (exact) mass is 752 g/mol. The molecule has 8 unspecified atom stereocenters. The zero-order chi connectivity index (χ0) is 39.1. The van der Waals surface area contributed by atoms with Gasteiger partial charge in [0.15, 0.2) is 23.8 Å². The Morgan fingerprint density at radius 2 is 1.56 bits per heavy atom. The summed E-state index contributed by atoms with van der Waals surface area (Å²) in [5, 5.41) is 12.0. The van der Waals surface area contributed by atoms with E-state index in [-0.39, 0.29) is 72.6 Å². The smallest absolute Gasteiger partial charge is 0.307 e. The van der Waals surface area contributed by atoms with Gasteiger partial charge in [-0.05, 0) is 131 Å². The van der Waals surface area contributed by atoms with Gasteiger partial charge >= 0.3 is 11.9 Å². The lowest BCUT2D eigenvalue weighted by Crippen LogP contribution is -2.60. The van der Waals surface area contributed by atoms with Gasteiger partial charge in [-0.1, -0.05) is 43.9 Å². The van der Waals surface area contributed by atoms with Gasteiger partial charge in [0.25, 0.3) is 0 Å². The molecule has 8 aliphatic rings. The second kappa shape index (κ2) is 13.5. The molecule has 0 heterocycles. The predicted octanol–water partition coefficient (Wildman–Crippen LogP) is 6.54. The summed E-state index contributed by atoms with van der Waals surface area (Å²) in [4.78, 5) is 77.9. The van der Waals surface area contributed by atoms with Gasteiger partial charge in [-0.2, -0.15) is 0 Å². The van der Waals surface area contributed by atoms with Gasteiger partial charge < -0.3 is 14.6 Å². The van der Waals surface area contributed by atoms with E-state index in [1.807, 2.05) is 26.0 Å². The first-order valence-corrected chi connectivity index (χ1v) is 20.9. The Balaban J connectivity index is 0.836. The van der Waals surface area contributed by atoms with Crippen molar-refractivity contribution in [2.75, 3.05) is 6.61 Å². The summed E-state index contributed by atoms with van der Waals surface area (Å²) in [7, 11) is 0. The number of ether oxygens (including phenoxy) is 2. The number of carbonyl (C=O) groups excluding carboxylic acids is 6. The zero-order valence-electron chi connectivity index (χ0n) is 32.7. The largest absolute Gasteiger partial charge is 0.458 e. The summed E-state index contributed by atoms with van der Waals surface area (Å²) in [6.07, 6.45) is 22.4. The number of rotatable bonds is 8. The molecule has 55 heavy (non-hydrogen) atoms. The Kier molecular flexibility index (Phi) is 9.38. The summed E-state index contributed by atoms with van der Waals surface area (Å²) in [5.41, 5.74) is -2.37. The van der Waals surface area contributed by atoms with E-state index in [9.17, 15) is 33.9 Å². The molecule has 8 aliphatic carbocycles. The maximum absolute atomic E-state index is 13.9. The molecule has 294 valence electrons. The molecule has 6 fully saturated rings. The first-order chi connectivity index (χ1) is 26.1. The molecule has 0 spiro atoms. The number of esters is 2. The summed E-state index contributed by atoms with van der Waals surface area (Å²) >= 11 is 0. The number of hydrogen-bond donors (Lipinski definition) is 1. The van der Waals surface area contributed by atoms with Crippen molar-refractivity contribution in [1.29, 1.82) is 0 Å². The molecule has 0 amide bonds. The van der Waals surface area contributed by atoms with Crippen molar-refractivity contribution in [2.45, 2.75) is 135 Å². The summed E-state index contributed by atoms with van der Waals surface area (Å²) in [6, 6.07) is 0. The molecule has 0 saturated heterocycles. The fourth-order valence-electron chi connectivity index (χ4n) is 14.1. The highest BCUT2D eigenvalue weighted by Gasteiger charge is 2.69. The molecule has 0 aliphatic heterocycles. The van der Waals surface area contributed by atoms with E-state index in [2.05, 4.69) is 12.8 Å². The number of Topliss-reactive ketones (excluding diaryl/α,β-unsaturated/α-hetero) is 2. The van der Waals surface area contributed by atoms with Crippen LogP contribution in [0.5, 0.6) is 0 Å². The number of hydrogen-bond acceptors (Lipinski definition) is 9. The minimum Gasteiger partial charge on any atom is -0.458 e. The van der Waals surface area contributed by atoms with Crippen molar-refractivity contribution < 1.29 is 43.3 Å². The molecule has 0 aromatic rings.